The third-order valence-corrected chi connectivity index (χ3v) is 3.50. The number of hydrogen-bond acceptors (Lipinski definition) is 6. The SMILES string of the molecule is CCN(CCN)c1ccc(N)cc1.Cc1cc([N+](=O)[O-])ccc1N. The highest BCUT2D eigenvalue weighted by Gasteiger charge is 2.05. The molecule has 0 heterocycles. The largest absolute Gasteiger partial charge is 0.399 e. The van der Waals surface area contributed by atoms with Crippen LogP contribution in [0.1, 0.15) is 12.5 Å². The van der Waals surface area contributed by atoms with Gasteiger partial charge in [-0.1, -0.05) is 0 Å². The van der Waals surface area contributed by atoms with Gasteiger partial charge in [-0.25, -0.2) is 0 Å². The van der Waals surface area contributed by atoms with Gasteiger partial charge >= 0.3 is 0 Å². The van der Waals surface area contributed by atoms with Crippen LogP contribution >= 0.6 is 0 Å². The summed E-state index contributed by atoms with van der Waals surface area (Å²) in [5, 5.41) is 10.2. The van der Waals surface area contributed by atoms with Gasteiger partial charge in [-0.15, -0.1) is 0 Å². The molecule has 0 spiro atoms. The van der Waals surface area contributed by atoms with Crippen LogP contribution in [0.4, 0.5) is 22.7 Å². The first-order valence-electron chi connectivity index (χ1n) is 7.70. The molecule has 24 heavy (non-hydrogen) atoms. The summed E-state index contributed by atoms with van der Waals surface area (Å²) in [4.78, 5) is 12.0. The Morgan fingerprint density at radius 3 is 2.21 bits per heavy atom. The first-order valence-corrected chi connectivity index (χ1v) is 7.70. The van der Waals surface area contributed by atoms with Crippen LogP contribution < -0.4 is 22.1 Å². The number of nitrogen functional groups attached to an aromatic ring is 2. The zero-order valence-corrected chi connectivity index (χ0v) is 14.1. The van der Waals surface area contributed by atoms with Crippen LogP contribution in [-0.4, -0.2) is 24.6 Å². The Hall–Kier alpha value is -2.80. The molecule has 0 aromatic heterocycles. The van der Waals surface area contributed by atoms with Gasteiger partial charge in [-0.05, 0) is 49.7 Å². The fraction of sp³-hybridized carbons (Fsp3) is 0.294. The normalized spacial score (nSPS) is 9.79. The second-order valence-corrected chi connectivity index (χ2v) is 5.26. The van der Waals surface area contributed by atoms with Gasteiger partial charge in [-0.3, -0.25) is 10.1 Å². The average molecular weight is 331 g/mol. The first-order chi connectivity index (χ1) is 11.4. The van der Waals surface area contributed by atoms with E-state index in [2.05, 4.69) is 11.8 Å². The highest BCUT2D eigenvalue weighted by atomic mass is 16.6. The molecule has 7 heteroatoms. The van der Waals surface area contributed by atoms with Crippen molar-refractivity contribution >= 4 is 22.7 Å². The van der Waals surface area contributed by atoms with E-state index < -0.39 is 4.92 Å². The van der Waals surface area contributed by atoms with E-state index in [1.54, 1.807) is 6.92 Å². The minimum absolute atomic E-state index is 0.0803. The summed E-state index contributed by atoms with van der Waals surface area (Å²) in [5.41, 5.74) is 19.9. The van der Waals surface area contributed by atoms with Crippen LogP contribution in [0.5, 0.6) is 0 Å². The number of aryl methyl sites for hydroxylation is 1. The Kier molecular flexibility index (Phi) is 7.51. The topological polar surface area (TPSA) is 124 Å². The van der Waals surface area contributed by atoms with E-state index >= 15 is 0 Å². The van der Waals surface area contributed by atoms with E-state index in [0.717, 1.165) is 24.3 Å². The molecule has 0 amide bonds. The van der Waals surface area contributed by atoms with E-state index in [1.807, 2.05) is 24.3 Å². The molecule has 0 aliphatic carbocycles. The Bertz CT molecular complexity index is 659. The Balaban J connectivity index is 0.000000243. The molecule has 0 saturated heterocycles. The van der Waals surface area contributed by atoms with Crippen LogP contribution in [0.2, 0.25) is 0 Å². The lowest BCUT2D eigenvalue weighted by Gasteiger charge is -2.22. The van der Waals surface area contributed by atoms with E-state index in [-0.39, 0.29) is 5.69 Å². The molecule has 0 radical (unpaired) electrons. The molecule has 0 saturated carbocycles. The maximum atomic E-state index is 10.2. The molecule has 2 aromatic carbocycles. The highest BCUT2D eigenvalue weighted by molar-refractivity contribution is 5.53. The molecule has 0 atom stereocenters. The van der Waals surface area contributed by atoms with Crippen LogP contribution in [0, 0.1) is 17.0 Å². The number of benzene rings is 2. The minimum Gasteiger partial charge on any atom is -0.399 e. The van der Waals surface area contributed by atoms with Gasteiger partial charge in [0.25, 0.3) is 5.69 Å². The van der Waals surface area contributed by atoms with Crippen molar-refractivity contribution in [1.82, 2.24) is 0 Å². The van der Waals surface area contributed by atoms with Crippen molar-refractivity contribution in [2.45, 2.75) is 13.8 Å². The van der Waals surface area contributed by atoms with Crippen molar-refractivity contribution in [2.24, 2.45) is 5.73 Å². The molecule has 2 rings (SSSR count). The van der Waals surface area contributed by atoms with Crippen molar-refractivity contribution in [3.05, 3.63) is 58.1 Å². The summed E-state index contributed by atoms with van der Waals surface area (Å²) in [5.74, 6) is 0. The van der Waals surface area contributed by atoms with Gasteiger partial charge in [0, 0.05) is 48.8 Å². The van der Waals surface area contributed by atoms with Crippen LogP contribution in [0.15, 0.2) is 42.5 Å². The summed E-state index contributed by atoms with van der Waals surface area (Å²) >= 11 is 0. The second kappa shape index (κ2) is 9.36. The summed E-state index contributed by atoms with van der Waals surface area (Å²) in [6.45, 7) is 6.40. The van der Waals surface area contributed by atoms with Gasteiger partial charge in [0.1, 0.15) is 0 Å². The van der Waals surface area contributed by atoms with Crippen molar-refractivity contribution in [2.75, 3.05) is 36.0 Å². The average Bonchev–Trinajstić information content (AvgIpc) is 2.56. The van der Waals surface area contributed by atoms with E-state index in [9.17, 15) is 10.1 Å². The van der Waals surface area contributed by atoms with Crippen molar-refractivity contribution in [3.63, 3.8) is 0 Å². The summed E-state index contributed by atoms with van der Waals surface area (Å²) in [6.07, 6.45) is 0. The predicted octanol–water partition coefficient (Wildman–Crippen LogP) is 2.54. The molecule has 6 N–H and O–H groups in total. The van der Waals surface area contributed by atoms with Crippen molar-refractivity contribution in [1.29, 1.82) is 0 Å². The third kappa shape index (κ3) is 5.77. The Labute approximate surface area is 142 Å². The number of nitrogens with two attached hydrogens (primary N) is 3. The second-order valence-electron chi connectivity index (χ2n) is 5.26. The molecule has 7 nitrogen and oxygen atoms in total. The maximum absolute atomic E-state index is 10.2. The Morgan fingerprint density at radius 2 is 1.75 bits per heavy atom. The zero-order valence-electron chi connectivity index (χ0n) is 14.1. The number of likely N-dealkylation sites (N-methyl/N-ethyl adjacent to an activating group) is 1. The molecule has 130 valence electrons. The molecular weight excluding hydrogens is 306 g/mol. The van der Waals surface area contributed by atoms with E-state index in [0.29, 0.717) is 12.2 Å². The number of rotatable bonds is 5. The lowest BCUT2D eigenvalue weighted by molar-refractivity contribution is -0.384. The van der Waals surface area contributed by atoms with Crippen LogP contribution in [0.25, 0.3) is 0 Å². The fourth-order valence-corrected chi connectivity index (χ4v) is 2.08. The first kappa shape index (κ1) is 19.2. The van der Waals surface area contributed by atoms with Crippen LogP contribution in [-0.2, 0) is 0 Å². The number of hydrogen-bond donors (Lipinski definition) is 3. The smallest absolute Gasteiger partial charge is 0.269 e. The molecule has 0 bridgehead atoms. The maximum Gasteiger partial charge on any atom is 0.269 e. The zero-order chi connectivity index (χ0) is 18.1. The Morgan fingerprint density at radius 1 is 1.12 bits per heavy atom. The lowest BCUT2D eigenvalue weighted by atomic mass is 10.2. The number of nitrogens with zero attached hydrogens (tertiary/aromatic N) is 2. The molecule has 0 aliphatic rings. The lowest BCUT2D eigenvalue weighted by Crippen LogP contribution is -2.28. The van der Waals surface area contributed by atoms with Gasteiger partial charge in [0.05, 0.1) is 4.92 Å². The van der Waals surface area contributed by atoms with Gasteiger partial charge < -0.3 is 22.1 Å². The summed E-state index contributed by atoms with van der Waals surface area (Å²) in [7, 11) is 0. The number of nitro groups is 1. The van der Waals surface area contributed by atoms with Gasteiger partial charge in [-0.2, -0.15) is 0 Å². The monoisotopic (exact) mass is 331 g/mol. The fourth-order valence-electron chi connectivity index (χ4n) is 2.08. The molecule has 0 aliphatic heterocycles. The summed E-state index contributed by atoms with van der Waals surface area (Å²) in [6, 6.07) is 12.2. The van der Waals surface area contributed by atoms with E-state index in [4.69, 9.17) is 17.2 Å². The number of non-ortho nitro benzene ring substituents is 1. The van der Waals surface area contributed by atoms with Crippen molar-refractivity contribution in [3.8, 4) is 0 Å². The number of nitro benzene ring substituents is 1. The standard InChI is InChI=1S/C10H17N3.C7H8N2O2/c1-2-13(8-7-11)10-5-3-9(12)4-6-10;1-5-4-6(9(10)11)2-3-7(5)8/h3-6H,2,7-8,11-12H2,1H3;2-4H,8H2,1H3. The molecule has 0 fully saturated rings. The number of anilines is 3. The minimum atomic E-state index is -0.438. The predicted molar refractivity (Wildman–Crippen MR) is 100 cm³/mol. The van der Waals surface area contributed by atoms with Gasteiger partial charge in [0.15, 0.2) is 0 Å². The van der Waals surface area contributed by atoms with Gasteiger partial charge in [0.2, 0.25) is 0 Å². The molecule has 2 aromatic rings. The summed E-state index contributed by atoms with van der Waals surface area (Å²) < 4.78 is 0. The quantitative estimate of drug-likeness (QED) is 0.439. The van der Waals surface area contributed by atoms with Crippen LogP contribution in [0.3, 0.4) is 0 Å². The van der Waals surface area contributed by atoms with Crippen molar-refractivity contribution < 1.29 is 4.92 Å². The molecule has 0 unspecified atom stereocenters. The molecular formula is C17H25N5O2. The van der Waals surface area contributed by atoms with E-state index in [1.165, 1.54) is 23.9 Å². The third-order valence-electron chi connectivity index (χ3n) is 3.50. The highest BCUT2D eigenvalue weighted by Crippen LogP contribution is 2.18.